The lowest BCUT2D eigenvalue weighted by atomic mass is 10.2. The Balaban J connectivity index is 2.58. The molecule has 1 aromatic heterocycles. The molecule has 0 aliphatic carbocycles. The van der Waals surface area contributed by atoms with Crippen molar-refractivity contribution in [2.45, 2.75) is 13.1 Å². The van der Waals surface area contributed by atoms with Crippen LogP contribution in [-0.2, 0) is 18.9 Å². The fourth-order valence-corrected chi connectivity index (χ4v) is 2.26. The monoisotopic (exact) mass is 384 g/mol. The van der Waals surface area contributed by atoms with E-state index in [-0.39, 0.29) is 22.6 Å². The Morgan fingerprint density at radius 1 is 1.15 bits per heavy atom. The van der Waals surface area contributed by atoms with Gasteiger partial charge in [-0.05, 0) is 19.1 Å². The first-order valence-electron chi connectivity index (χ1n) is 7.47. The molecule has 144 valence electrons. The Labute approximate surface area is 150 Å². The molecule has 8 nitrogen and oxygen atoms in total. The van der Waals surface area contributed by atoms with Crippen molar-refractivity contribution in [3.63, 3.8) is 0 Å². The number of nitrogens with zero attached hydrogens (tertiary/aromatic N) is 3. The number of nitrogens with one attached hydrogen (secondary N) is 1. The molecule has 2 N–H and O–H groups in total. The minimum Gasteiger partial charge on any atom is -0.494 e. The van der Waals surface area contributed by atoms with E-state index >= 15 is 0 Å². The maximum atomic E-state index is 12.5. The lowest BCUT2D eigenvalue weighted by Gasteiger charge is -2.12. The molecule has 2 rings (SSSR count). The number of rotatable bonds is 3. The summed E-state index contributed by atoms with van der Waals surface area (Å²) in [5, 5.41) is 11.8. The van der Waals surface area contributed by atoms with Crippen molar-refractivity contribution in [2.24, 2.45) is 19.1 Å². The average molecular weight is 384 g/mol. The van der Waals surface area contributed by atoms with Crippen LogP contribution in [0, 0.1) is 0 Å². The summed E-state index contributed by atoms with van der Waals surface area (Å²) in [5.41, 5.74) is -2.24. The lowest BCUT2D eigenvalue weighted by molar-refractivity contribution is -0.167. The molecule has 0 aliphatic rings. The van der Waals surface area contributed by atoms with Gasteiger partial charge in [-0.15, -0.1) is 0 Å². The quantitative estimate of drug-likeness (QED) is 0.781. The second-order valence-corrected chi connectivity index (χ2v) is 5.57. The van der Waals surface area contributed by atoms with Crippen molar-refractivity contribution in [3.8, 4) is 5.88 Å². The Morgan fingerprint density at radius 2 is 1.74 bits per heavy atom. The highest BCUT2D eigenvalue weighted by atomic mass is 19.4. The highest BCUT2D eigenvalue weighted by Crippen LogP contribution is 2.28. The van der Waals surface area contributed by atoms with Gasteiger partial charge in [-0.1, -0.05) is 12.1 Å². The van der Waals surface area contributed by atoms with E-state index in [9.17, 15) is 32.7 Å². The van der Waals surface area contributed by atoms with Crippen LogP contribution >= 0.6 is 0 Å². The standard InChI is InChI=1S/C16H15F3N4O4/c1-8(11-12(24)22(2)15(27)23(3)13(11)25)20-9-6-4-5-7-10(9)21-14(26)16(17,18)19/h4-7,24H,1-3H3,(H,21,26). The Bertz CT molecular complexity index is 1050. The van der Waals surface area contributed by atoms with Crippen molar-refractivity contribution in [1.82, 2.24) is 9.13 Å². The molecule has 0 fully saturated rings. The molecular formula is C16H15F3N4O4. The number of aliphatic imine (C=N–C) groups is 1. The Hall–Kier alpha value is -3.37. The molecule has 1 aromatic carbocycles. The molecule has 0 spiro atoms. The highest BCUT2D eigenvalue weighted by Gasteiger charge is 2.39. The maximum absolute atomic E-state index is 12.5. The number of carbonyl (C=O) groups is 1. The zero-order chi connectivity index (χ0) is 20.5. The number of para-hydroxylation sites is 2. The number of aromatic hydroxyl groups is 1. The molecule has 0 aliphatic heterocycles. The SMILES string of the molecule is CC(=Nc1ccccc1NC(=O)C(F)(F)F)c1c(O)n(C)c(=O)n(C)c1=O. The van der Waals surface area contributed by atoms with Gasteiger partial charge in [0.15, 0.2) is 0 Å². The van der Waals surface area contributed by atoms with Crippen LogP contribution in [0.15, 0.2) is 38.8 Å². The van der Waals surface area contributed by atoms with Gasteiger partial charge in [0.1, 0.15) is 5.56 Å². The fraction of sp³-hybridized carbons (Fsp3) is 0.250. The van der Waals surface area contributed by atoms with Crippen LogP contribution < -0.4 is 16.6 Å². The van der Waals surface area contributed by atoms with Crippen molar-refractivity contribution in [1.29, 1.82) is 0 Å². The molecule has 0 saturated heterocycles. The third-order valence-corrected chi connectivity index (χ3v) is 3.69. The predicted octanol–water partition coefficient (Wildman–Crippen LogP) is 1.43. The number of hydrogen-bond acceptors (Lipinski definition) is 5. The Morgan fingerprint density at radius 3 is 2.33 bits per heavy atom. The molecule has 0 radical (unpaired) electrons. The van der Waals surface area contributed by atoms with E-state index in [2.05, 4.69) is 4.99 Å². The van der Waals surface area contributed by atoms with Gasteiger partial charge < -0.3 is 10.4 Å². The fourth-order valence-electron chi connectivity index (χ4n) is 2.26. The van der Waals surface area contributed by atoms with E-state index in [0.717, 1.165) is 9.13 Å². The van der Waals surface area contributed by atoms with E-state index in [1.807, 2.05) is 0 Å². The number of amides is 1. The van der Waals surface area contributed by atoms with Crippen LogP contribution in [0.1, 0.15) is 12.5 Å². The summed E-state index contributed by atoms with van der Waals surface area (Å²) >= 11 is 0. The van der Waals surface area contributed by atoms with Crippen LogP contribution in [0.4, 0.5) is 24.5 Å². The second-order valence-electron chi connectivity index (χ2n) is 5.57. The summed E-state index contributed by atoms with van der Waals surface area (Å²) in [4.78, 5) is 39.3. The van der Waals surface area contributed by atoms with Gasteiger partial charge in [0.25, 0.3) is 5.56 Å². The van der Waals surface area contributed by atoms with Gasteiger partial charge in [-0.2, -0.15) is 13.2 Å². The van der Waals surface area contributed by atoms with E-state index in [0.29, 0.717) is 0 Å². The summed E-state index contributed by atoms with van der Waals surface area (Å²) in [5.74, 6) is -2.81. The highest BCUT2D eigenvalue weighted by molar-refractivity contribution is 6.03. The van der Waals surface area contributed by atoms with Gasteiger partial charge in [-0.3, -0.25) is 23.7 Å². The molecule has 0 saturated carbocycles. The third kappa shape index (κ3) is 3.91. The minimum atomic E-state index is -5.09. The van der Waals surface area contributed by atoms with Crippen molar-refractivity contribution in [2.75, 3.05) is 5.32 Å². The van der Waals surface area contributed by atoms with Gasteiger partial charge >= 0.3 is 17.8 Å². The maximum Gasteiger partial charge on any atom is 0.471 e. The predicted molar refractivity (Wildman–Crippen MR) is 91.6 cm³/mol. The zero-order valence-electron chi connectivity index (χ0n) is 14.5. The van der Waals surface area contributed by atoms with Gasteiger partial charge in [0.2, 0.25) is 5.88 Å². The molecule has 1 amide bonds. The Kier molecular flexibility index (Phi) is 5.24. The smallest absolute Gasteiger partial charge is 0.471 e. The third-order valence-electron chi connectivity index (χ3n) is 3.69. The molecule has 11 heteroatoms. The normalized spacial score (nSPS) is 12.1. The number of carbonyl (C=O) groups excluding carboxylic acids is 1. The molecule has 1 heterocycles. The van der Waals surface area contributed by atoms with Gasteiger partial charge in [-0.25, -0.2) is 4.79 Å². The van der Waals surface area contributed by atoms with E-state index in [1.165, 1.54) is 45.3 Å². The van der Waals surface area contributed by atoms with Crippen LogP contribution in [0.2, 0.25) is 0 Å². The first-order chi connectivity index (χ1) is 12.4. The zero-order valence-corrected chi connectivity index (χ0v) is 14.5. The van der Waals surface area contributed by atoms with Crippen molar-refractivity contribution >= 4 is 23.0 Å². The number of alkyl halides is 3. The molecule has 2 aromatic rings. The number of hydrogen-bond donors (Lipinski definition) is 2. The largest absolute Gasteiger partial charge is 0.494 e. The summed E-state index contributed by atoms with van der Waals surface area (Å²) in [7, 11) is 2.45. The first kappa shape index (κ1) is 19.9. The molecular weight excluding hydrogens is 369 g/mol. The molecule has 0 bridgehead atoms. The number of benzene rings is 1. The van der Waals surface area contributed by atoms with Gasteiger partial charge in [0, 0.05) is 14.1 Å². The summed E-state index contributed by atoms with van der Waals surface area (Å²) in [6.45, 7) is 1.34. The molecule has 0 atom stereocenters. The van der Waals surface area contributed by atoms with Crippen LogP contribution in [-0.4, -0.2) is 32.0 Å². The van der Waals surface area contributed by atoms with Crippen molar-refractivity contribution < 1.29 is 23.1 Å². The number of anilines is 1. The van der Waals surface area contributed by atoms with E-state index in [4.69, 9.17) is 0 Å². The van der Waals surface area contributed by atoms with E-state index in [1.54, 1.807) is 5.32 Å². The summed E-state index contributed by atoms with van der Waals surface area (Å²) < 4.78 is 39.0. The topological polar surface area (TPSA) is 106 Å². The number of halogens is 3. The average Bonchev–Trinajstić information content (AvgIpc) is 2.59. The molecule has 27 heavy (non-hydrogen) atoms. The van der Waals surface area contributed by atoms with Crippen LogP contribution in [0.25, 0.3) is 0 Å². The van der Waals surface area contributed by atoms with Crippen molar-refractivity contribution in [3.05, 3.63) is 50.7 Å². The van der Waals surface area contributed by atoms with Crippen LogP contribution in [0.5, 0.6) is 5.88 Å². The summed E-state index contributed by atoms with van der Waals surface area (Å²) in [6, 6.07) is 5.38. The summed E-state index contributed by atoms with van der Waals surface area (Å²) in [6.07, 6.45) is -5.09. The minimum absolute atomic E-state index is 0.0580. The van der Waals surface area contributed by atoms with Crippen LogP contribution in [0.3, 0.4) is 0 Å². The van der Waals surface area contributed by atoms with E-state index < -0.39 is 29.2 Å². The molecule has 0 unspecified atom stereocenters. The number of aromatic nitrogens is 2. The second kappa shape index (κ2) is 7.09. The van der Waals surface area contributed by atoms with Gasteiger partial charge in [0.05, 0.1) is 17.1 Å². The lowest BCUT2D eigenvalue weighted by Crippen LogP contribution is -2.39. The first-order valence-corrected chi connectivity index (χ1v) is 7.47.